The number of halogens is 1. The zero-order valence-corrected chi connectivity index (χ0v) is 11.1. The Morgan fingerprint density at radius 3 is 2.88 bits per heavy atom. The van der Waals surface area contributed by atoms with Crippen LogP contribution in [0, 0.1) is 0 Å². The molecule has 0 bridgehead atoms. The molecule has 1 aromatic heterocycles. The van der Waals surface area contributed by atoms with Gasteiger partial charge in [-0.15, -0.1) is 0 Å². The first kappa shape index (κ1) is 12.2. The number of hydrogen-bond acceptors (Lipinski definition) is 2. The summed E-state index contributed by atoms with van der Waals surface area (Å²) < 4.78 is 2.51. The van der Waals surface area contributed by atoms with Crippen molar-refractivity contribution in [3.63, 3.8) is 0 Å². The Morgan fingerprint density at radius 2 is 2.24 bits per heavy atom. The molecule has 0 spiro atoms. The lowest BCUT2D eigenvalue weighted by molar-refractivity contribution is 0.295. The lowest BCUT2D eigenvalue weighted by Gasteiger charge is -2.31. The smallest absolute Gasteiger partial charge is 0.250 e. The number of rotatable bonds is 3. The molecule has 0 amide bonds. The van der Waals surface area contributed by atoms with E-state index in [2.05, 4.69) is 20.9 Å². The first-order valence-corrected chi connectivity index (χ1v) is 6.37. The lowest BCUT2D eigenvalue weighted by Crippen LogP contribution is -2.46. The van der Waals surface area contributed by atoms with E-state index in [4.69, 9.17) is 5.73 Å². The van der Waals surface area contributed by atoms with Crippen LogP contribution in [0.4, 0.5) is 0 Å². The van der Waals surface area contributed by atoms with Gasteiger partial charge in [-0.2, -0.15) is 0 Å². The summed E-state index contributed by atoms with van der Waals surface area (Å²) in [5.74, 6) is 0.583. The van der Waals surface area contributed by atoms with Crippen molar-refractivity contribution >= 4 is 21.9 Å². The fourth-order valence-corrected chi connectivity index (χ4v) is 1.97. The molecule has 92 valence electrons. The monoisotopic (exact) mass is 298 g/mol. The summed E-state index contributed by atoms with van der Waals surface area (Å²) in [4.78, 5) is 17.8. The van der Waals surface area contributed by atoms with Gasteiger partial charge in [0.1, 0.15) is 0 Å². The quantitative estimate of drug-likeness (QED) is 0.658. The molecule has 1 aliphatic heterocycles. The molecule has 1 aliphatic rings. The highest BCUT2D eigenvalue weighted by molar-refractivity contribution is 9.10. The van der Waals surface area contributed by atoms with Crippen molar-refractivity contribution in [2.45, 2.75) is 13.0 Å². The minimum Gasteiger partial charge on any atom is -0.370 e. The number of likely N-dealkylation sites (tertiary alicyclic amines) is 1. The van der Waals surface area contributed by atoms with Crippen LogP contribution in [0.1, 0.15) is 6.42 Å². The van der Waals surface area contributed by atoms with Gasteiger partial charge in [-0.1, -0.05) is 0 Å². The lowest BCUT2D eigenvalue weighted by atomic mass is 10.2. The fourth-order valence-electron chi connectivity index (χ4n) is 1.59. The van der Waals surface area contributed by atoms with Gasteiger partial charge in [-0.3, -0.25) is 9.79 Å². The zero-order chi connectivity index (χ0) is 12.3. The maximum Gasteiger partial charge on any atom is 0.250 e. The van der Waals surface area contributed by atoms with Crippen LogP contribution in [-0.2, 0) is 6.54 Å². The van der Waals surface area contributed by atoms with Crippen LogP contribution in [0.3, 0.4) is 0 Å². The molecular weight excluding hydrogens is 284 g/mol. The Labute approximate surface area is 108 Å². The highest BCUT2D eigenvalue weighted by Crippen LogP contribution is 2.05. The Kier molecular flexibility index (Phi) is 3.83. The molecule has 0 unspecified atom stereocenters. The van der Waals surface area contributed by atoms with Gasteiger partial charge in [0.15, 0.2) is 5.96 Å². The van der Waals surface area contributed by atoms with Crippen LogP contribution in [0.25, 0.3) is 0 Å². The molecule has 0 radical (unpaired) electrons. The minimum atomic E-state index is -0.0223. The Bertz CT molecular complexity index is 479. The van der Waals surface area contributed by atoms with Gasteiger partial charge in [-0.05, 0) is 28.4 Å². The minimum absolute atomic E-state index is 0.0223. The normalized spacial score (nSPS) is 15.8. The van der Waals surface area contributed by atoms with Crippen LogP contribution >= 0.6 is 15.9 Å². The van der Waals surface area contributed by atoms with Crippen molar-refractivity contribution in [1.29, 1.82) is 0 Å². The largest absolute Gasteiger partial charge is 0.370 e. The average molecular weight is 299 g/mol. The van der Waals surface area contributed by atoms with Crippen LogP contribution in [0.15, 0.2) is 32.6 Å². The zero-order valence-electron chi connectivity index (χ0n) is 9.47. The topological polar surface area (TPSA) is 63.6 Å². The summed E-state index contributed by atoms with van der Waals surface area (Å²) in [5.41, 5.74) is 5.77. The molecular formula is C11H15BrN4O. The SMILES string of the molecule is NC(=NCCn1cc(Br)ccc1=O)N1CCC1. The maximum absolute atomic E-state index is 11.5. The highest BCUT2D eigenvalue weighted by atomic mass is 79.9. The molecule has 5 nitrogen and oxygen atoms in total. The predicted molar refractivity (Wildman–Crippen MR) is 71.1 cm³/mol. The highest BCUT2D eigenvalue weighted by Gasteiger charge is 2.14. The first-order valence-electron chi connectivity index (χ1n) is 5.58. The maximum atomic E-state index is 11.5. The molecule has 17 heavy (non-hydrogen) atoms. The molecule has 1 saturated heterocycles. The first-order chi connectivity index (χ1) is 8.16. The van der Waals surface area contributed by atoms with E-state index in [1.165, 1.54) is 12.5 Å². The molecule has 0 aromatic carbocycles. The van der Waals surface area contributed by atoms with Crippen molar-refractivity contribution in [2.75, 3.05) is 19.6 Å². The third-order valence-corrected chi connectivity index (χ3v) is 3.21. The van der Waals surface area contributed by atoms with Crippen molar-refractivity contribution in [2.24, 2.45) is 10.7 Å². The number of aromatic nitrogens is 1. The molecule has 0 atom stereocenters. The van der Waals surface area contributed by atoms with Crippen molar-refractivity contribution in [3.05, 3.63) is 33.2 Å². The van der Waals surface area contributed by atoms with E-state index in [0.717, 1.165) is 17.6 Å². The number of hydrogen-bond donors (Lipinski definition) is 1. The third kappa shape index (κ3) is 3.09. The molecule has 2 N–H and O–H groups in total. The van der Waals surface area contributed by atoms with E-state index in [-0.39, 0.29) is 5.56 Å². The summed E-state index contributed by atoms with van der Waals surface area (Å²) in [5, 5.41) is 0. The van der Waals surface area contributed by atoms with E-state index in [9.17, 15) is 4.79 Å². The number of nitrogens with zero attached hydrogens (tertiary/aromatic N) is 3. The van der Waals surface area contributed by atoms with Gasteiger partial charge in [0.2, 0.25) is 0 Å². The molecule has 2 heterocycles. The third-order valence-electron chi connectivity index (χ3n) is 2.74. The van der Waals surface area contributed by atoms with Crippen molar-refractivity contribution in [3.8, 4) is 0 Å². The van der Waals surface area contributed by atoms with E-state index in [0.29, 0.717) is 19.0 Å². The van der Waals surface area contributed by atoms with Crippen LogP contribution in [0.2, 0.25) is 0 Å². The molecule has 2 rings (SSSR count). The Morgan fingerprint density at radius 1 is 1.47 bits per heavy atom. The van der Waals surface area contributed by atoms with Gasteiger partial charge in [0.05, 0.1) is 6.54 Å². The second-order valence-electron chi connectivity index (χ2n) is 3.96. The summed E-state index contributed by atoms with van der Waals surface area (Å²) in [6.45, 7) is 3.06. The van der Waals surface area contributed by atoms with E-state index < -0.39 is 0 Å². The van der Waals surface area contributed by atoms with E-state index in [1.54, 1.807) is 16.8 Å². The van der Waals surface area contributed by atoms with Gasteiger partial charge in [0, 0.05) is 36.4 Å². The van der Waals surface area contributed by atoms with Crippen LogP contribution in [-0.4, -0.2) is 35.1 Å². The van der Waals surface area contributed by atoms with E-state index in [1.807, 2.05) is 4.90 Å². The number of guanidine groups is 1. The van der Waals surface area contributed by atoms with Gasteiger partial charge in [0.25, 0.3) is 5.56 Å². The summed E-state index contributed by atoms with van der Waals surface area (Å²) in [6.07, 6.45) is 2.94. The Hall–Kier alpha value is -1.30. The number of nitrogens with two attached hydrogens (primary N) is 1. The molecule has 0 saturated carbocycles. The van der Waals surface area contributed by atoms with Crippen LogP contribution in [0.5, 0.6) is 0 Å². The van der Waals surface area contributed by atoms with Gasteiger partial charge >= 0.3 is 0 Å². The summed E-state index contributed by atoms with van der Waals surface area (Å²) in [6, 6.07) is 3.27. The summed E-state index contributed by atoms with van der Waals surface area (Å²) in [7, 11) is 0. The molecule has 0 aliphatic carbocycles. The van der Waals surface area contributed by atoms with Crippen molar-refractivity contribution < 1.29 is 0 Å². The average Bonchev–Trinajstić information content (AvgIpc) is 2.20. The number of aliphatic imine (C=N–C) groups is 1. The second-order valence-corrected chi connectivity index (χ2v) is 4.88. The molecule has 1 aromatic rings. The Balaban J connectivity index is 1.93. The standard InChI is InChI=1S/C11H15BrN4O/c12-9-2-3-10(17)16(8-9)7-4-14-11(13)15-5-1-6-15/h2-3,8H,1,4-7H2,(H2,13,14). The van der Waals surface area contributed by atoms with Crippen LogP contribution < -0.4 is 11.3 Å². The fraction of sp³-hybridized carbons (Fsp3) is 0.455. The second kappa shape index (κ2) is 5.35. The van der Waals surface area contributed by atoms with Gasteiger partial charge in [-0.25, -0.2) is 0 Å². The van der Waals surface area contributed by atoms with Gasteiger partial charge < -0.3 is 15.2 Å². The molecule has 1 fully saturated rings. The summed E-state index contributed by atoms with van der Waals surface area (Å²) >= 11 is 3.33. The van der Waals surface area contributed by atoms with E-state index >= 15 is 0 Å². The number of pyridine rings is 1. The van der Waals surface area contributed by atoms with Crippen molar-refractivity contribution in [1.82, 2.24) is 9.47 Å². The molecule has 6 heteroatoms. The predicted octanol–water partition coefficient (Wildman–Crippen LogP) is 0.631.